The Kier molecular flexibility index (Phi) is 55.9. The highest BCUT2D eigenvalue weighted by Crippen LogP contribution is 2.15. The van der Waals surface area contributed by atoms with Gasteiger partial charge in [-0.3, -0.25) is 14.4 Å². The molecular formula is C65H110O6. The molecule has 0 N–H and O–H groups in total. The molecule has 0 saturated carbocycles. The smallest absolute Gasteiger partial charge is 0.306 e. The summed E-state index contributed by atoms with van der Waals surface area (Å²) in [6, 6.07) is 0. The molecule has 0 saturated heterocycles. The quantitative estimate of drug-likeness (QED) is 0.0261. The third kappa shape index (κ3) is 57.1. The second-order valence-electron chi connectivity index (χ2n) is 19.5. The fourth-order valence-electron chi connectivity index (χ4n) is 8.11. The molecule has 0 bridgehead atoms. The van der Waals surface area contributed by atoms with Crippen LogP contribution in [-0.2, 0) is 28.6 Å². The van der Waals surface area contributed by atoms with Gasteiger partial charge in [0.05, 0.1) is 0 Å². The first-order valence-electron chi connectivity index (χ1n) is 29.7. The van der Waals surface area contributed by atoms with Crippen molar-refractivity contribution in [3.63, 3.8) is 0 Å². The van der Waals surface area contributed by atoms with Crippen molar-refractivity contribution in [2.75, 3.05) is 13.2 Å². The number of allylic oxidation sites excluding steroid dienone is 16. The molecule has 6 nitrogen and oxygen atoms in total. The summed E-state index contributed by atoms with van der Waals surface area (Å²) in [4.78, 5) is 38.1. The van der Waals surface area contributed by atoms with Gasteiger partial charge >= 0.3 is 17.9 Å². The van der Waals surface area contributed by atoms with Crippen LogP contribution in [-0.4, -0.2) is 37.2 Å². The van der Waals surface area contributed by atoms with Crippen LogP contribution in [0.1, 0.15) is 278 Å². The summed E-state index contributed by atoms with van der Waals surface area (Å²) in [5.74, 6) is -0.999. The van der Waals surface area contributed by atoms with E-state index in [0.717, 1.165) is 89.9 Å². The second-order valence-corrected chi connectivity index (χ2v) is 19.5. The zero-order valence-corrected chi connectivity index (χ0v) is 46.5. The number of hydrogen-bond donors (Lipinski definition) is 0. The Morgan fingerprint density at radius 1 is 0.296 bits per heavy atom. The zero-order valence-electron chi connectivity index (χ0n) is 46.5. The summed E-state index contributed by atoms with van der Waals surface area (Å²) in [5, 5.41) is 0. The normalized spacial score (nSPS) is 12.8. The van der Waals surface area contributed by atoms with E-state index in [4.69, 9.17) is 14.2 Å². The third-order valence-corrected chi connectivity index (χ3v) is 12.6. The maximum atomic E-state index is 12.8. The van der Waals surface area contributed by atoms with E-state index < -0.39 is 6.10 Å². The van der Waals surface area contributed by atoms with Crippen LogP contribution in [0.3, 0.4) is 0 Å². The van der Waals surface area contributed by atoms with Gasteiger partial charge in [-0.25, -0.2) is 0 Å². The Morgan fingerprint density at radius 3 is 0.958 bits per heavy atom. The van der Waals surface area contributed by atoms with Gasteiger partial charge in [0.2, 0.25) is 0 Å². The van der Waals surface area contributed by atoms with Gasteiger partial charge in [0.1, 0.15) is 13.2 Å². The Bertz CT molecular complexity index is 1410. The van der Waals surface area contributed by atoms with Crippen LogP contribution in [0, 0.1) is 0 Å². The fraction of sp³-hybridized carbons (Fsp3) is 0.708. The molecule has 0 fully saturated rings. The molecule has 1 unspecified atom stereocenters. The lowest BCUT2D eigenvalue weighted by atomic mass is 10.1. The third-order valence-electron chi connectivity index (χ3n) is 12.6. The molecule has 0 spiro atoms. The number of carbonyl (C=O) groups is 3. The lowest BCUT2D eigenvalue weighted by Gasteiger charge is -2.18. The summed E-state index contributed by atoms with van der Waals surface area (Å²) < 4.78 is 16.8. The number of unbranched alkanes of at least 4 members (excludes halogenated alkanes) is 26. The molecule has 0 aliphatic carbocycles. The fourth-order valence-corrected chi connectivity index (χ4v) is 8.11. The highest BCUT2D eigenvalue weighted by Gasteiger charge is 2.19. The van der Waals surface area contributed by atoms with Crippen LogP contribution in [0.25, 0.3) is 0 Å². The molecule has 0 aliphatic rings. The lowest BCUT2D eigenvalue weighted by molar-refractivity contribution is -0.166. The molecule has 0 rings (SSSR count). The minimum absolute atomic E-state index is 0.105. The Morgan fingerprint density at radius 2 is 0.577 bits per heavy atom. The number of rotatable bonds is 53. The standard InChI is InChI=1S/C65H110O6/c1-4-7-10-13-16-19-22-25-27-28-29-30-31-32-33-34-35-36-38-40-43-46-49-52-55-58-64(67)70-61-62(60-69-63(66)57-54-51-48-45-42-39-24-21-18-15-12-9-6-3)71-65(68)59-56-53-50-47-44-41-37-26-23-20-17-14-11-8-5-2/h9,12,18,21-22,25-26,28-29,31-32,37,39,42,48,51,62H,4-8,10-11,13-17,19-20,23-24,27,30,33-36,38,40-41,43-47,49-50,52-61H2,1-3H3/b12-9-,21-18-,25-22-,29-28-,32-31-,37-26-,42-39-,51-48-. The van der Waals surface area contributed by atoms with Gasteiger partial charge in [0.25, 0.3) is 0 Å². The number of hydrogen-bond acceptors (Lipinski definition) is 6. The van der Waals surface area contributed by atoms with E-state index in [-0.39, 0.29) is 37.5 Å². The molecule has 71 heavy (non-hydrogen) atoms. The van der Waals surface area contributed by atoms with Gasteiger partial charge in [-0.15, -0.1) is 0 Å². The predicted molar refractivity (Wildman–Crippen MR) is 307 cm³/mol. The topological polar surface area (TPSA) is 78.9 Å². The van der Waals surface area contributed by atoms with Crippen LogP contribution in [0.4, 0.5) is 0 Å². The van der Waals surface area contributed by atoms with Gasteiger partial charge in [0, 0.05) is 19.3 Å². The minimum atomic E-state index is -0.813. The highest BCUT2D eigenvalue weighted by atomic mass is 16.6. The van der Waals surface area contributed by atoms with Crippen molar-refractivity contribution in [2.24, 2.45) is 0 Å². The molecule has 0 heterocycles. The summed E-state index contributed by atoms with van der Waals surface area (Å²) in [6.45, 7) is 6.44. The summed E-state index contributed by atoms with van der Waals surface area (Å²) in [6.07, 6.45) is 78.5. The molecule has 0 aromatic rings. The number of ether oxygens (including phenoxy) is 3. The van der Waals surface area contributed by atoms with Gasteiger partial charge in [0.15, 0.2) is 6.10 Å². The van der Waals surface area contributed by atoms with E-state index in [9.17, 15) is 14.4 Å². The second kappa shape index (κ2) is 58.9. The average Bonchev–Trinajstić information content (AvgIpc) is 3.37. The van der Waals surface area contributed by atoms with Crippen LogP contribution in [0.5, 0.6) is 0 Å². The Balaban J connectivity index is 4.36. The summed E-state index contributed by atoms with van der Waals surface area (Å²) in [5.41, 5.74) is 0. The highest BCUT2D eigenvalue weighted by molar-refractivity contribution is 5.71. The molecular weight excluding hydrogens is 877 g/mol. The summed E-state index contributed by atoms with van der Waals surface area (Å²) in [7, 11) is 0. The largest absolute Gasteiger partial charge is 0.462 e. The first-order valence-corrected chi connectivity index (χ1v) is 29.7. The van der Waals surface area contributed by atoms with Gasteiger partial charge in [-0.1, -0.05) is 246 Å². The van der Waals surface area contributed by atoms with Crippen molar-refractivity contribution in [1.29, 1.82) is 0 Å². The summed E-state index contributed by atoms with van der Waals surface area (Å²) >= 11 is 0. The monoisotopic (exact) mass is 987 g/mol. The van der Waals surface area contributed by atoms with E-state index in [1.165, 1.54) is 141 Å². The van der Waals surface area contributed by atoms with E-state index in [1.54, 1.807) is 0 Å². The van der Waals surface area contributed by atoms with Gasteiger partial charge in [-0.2, -0.15) is 0 Å². The first kappa shape index (κ1) is 67.3. The van der Waals surface area contributed by atoms with E-state index >= 15 is 0 Å². The SMILES string of the molecule is CC/C=C\C/C=C\C/C=C\C/C=C\CCC(=O)OCC(COC(=O)CCCCCCCCCCCC/C=C\C/C=C\C/C=C\CCCCCCC)OC(=O)CCCCCCC/C=C\CCCCCCCC. The van der Waals surface area contributed by atoms with Crippen LogP contribution < -0.4 is 0 Å². The zero-order chi connectivity index (χ0) is 51.4. The van der Waals surface area contributed by atoms with Crippen LogP contribution in [0.15, 0.2) is 97.2 Å². The maximum Gasteiger partial charge on any atom is 0.306 e. The maximum absolute atomic E-state index is 12.8. The van der Waals surface area contributed by atoms with Crippen molar-refractivity contribution < 1.29 is 28.6 Å². The number of carbonyl (C=O) groups excluding carboxylic acids is 3. The Hall–Kier alpha value is -3.67. The average molecular weight is 988 g/mol. The lowest BCUT2D eigenvalue weighted by Crippen LogP contribution is -2.30. The predicted octanol–water partition coefficient (Wildman–Crippen LogP) is 20.1. The molecule has 0 amide bonds. The van der Waals surface area contributed by atoms with Crippen molar-refractivity contribution in [3.8, 4) is 0 Å². The molecule has 0 aliphatic heterocycles. The van der Waals surface area contributed by atoms with Crippen molar-refractivity contribution >= 4 is 17.9 Å². The molecule has 0 aromatic carbocycles. The van der Waals surface area contributed by atoms with E-state index in [2.05, 4.69) is 112 Å². The molecule has 1 atom stereocenters. The van der Waals surface area contributed by atoms with Crippen molar-refractivity contribution in [3.05, 3.63) is 97.2 Å². The van der Waals surface area contributed by atoms with Crippen LogP contribution >= 0.6 is 0 Å². The van der Waals surface area contributed by atoms with Crippen molar-refractivity contribution in [1.82, 2.24) is 0 Å². The van der Waals surface area contributed by atoms with Gasteiger partial charge < -0.3 is 14.2 Å². The first-order chi connectivity index (χ1) is 35.0. The molecule has 6 heteroatoms. The van der Waals surface area contributed by atoms with Crippen LogP contribution in [0.2, 0.25) is 0 Å². The molecule has 406 valence electrons. The van der Waals surface area contributed by atoms with E-state index in [1.807, 2.05) is 6.08 Å². The molecule has 0 aromatic heterocycles. The molecule has 0 radical (unpaired) electrons. The van der Waals surface area contributed by atoms with Gasteiger partial charge in [-0.05, 0) is 109 Å². The number of esters is 3. The van der Waals surface area contributed by atoms with Crippen molar-refractivity contribution in [2.45, 2.75) is 284 Å². The Labute approximate surface area is 438 Å². The van der Waals surface area contributed by atoms with E-state index in [0.29, 0.717) is 19.3 Å². The minimum Gasteiger partial charge on any atom is -0.462 e.